The average molecular weight is 221 g/mol. The van der Waals surface area contributed by atoms with E-state index in [2.05, 4.69) is 12.6 Å². The zero-order valence-electron chi connectivity index (χ0n) is 7.15. The normalized spacial score (nSPS) is 8.93. The number of carbonyl (C=O) groups excluding carboxylic acids is 1. The Hall–Kier alpha value is -1.22. The van der Waals surface area contributed by atoms with Crippen LogP contribution in [0.2, 0.25) is 0 Å². The van der Waals surface area contributed by atoms with Crippen LogP contribution in [0, 0.1) is 5.41 Å². The minimum atomic E-state index is -0.319. The highest BCUT2D eigenvalue weighted by Crippen LogP contribution is 2.09. The zero-order valence-corrected chi connectivity index (χ0v) is 8.86. The molecule has 1 rings (SSSR count). The molecule has 0 saturated heterocycles. The van der Waals surface area contributed by atoms with Crippen LogP contribution in [-0.4, -0.2) is 15.8 Å². The van der Waals surface area contributed by atoms with Gasteiger partial charge in [0.05, 0.1) is 4.20 Å². The number of carbonyl (C=O) groups is 1. The molecule has 0 spiro atoms. The van der Waals surface area contributed by atoms with Gasteiger partial charge in [0.2, 0.25) is 5.78 Å². The molecular formula is C10H7NOS2. The number of Topliss-reactive ketones (excluding diaryl/α,β-unsaturated/α-hetero) is 1. The van der Waals surface area contributed by atoms with E-state index in [1.165, 1.54) is 0 Å². The van der Waals surface area contributed by atoms with Gasteiger partial charge in [-0.3, -0.25) is 10.2 Å². The monoisotopic (exact) mass is 221 g/mol. The van der Waals surface area contributed by atoms with Gasteiger partial charge in [-0.15, -0.1) is 12.6 Å². The van der Waals surface area contributed by atoms with Crippen molar-refractivity contribution in [2.24, 2.45) is 0 Å². The lowest BCUT2D eigenvalue weighted by atomic mass is 10.1. The standard InChI is InChI=1S/C10H7NOS2/c11-6-8(10(13)14)9(12)7-4-2-1-3-5-7/h1-5,11H,(H,13,14). The molecule has 0 unspecified atom stereocenters. The van der Waals surface area contributed by atoms with Crippen LogP contribution in [0.3, 0.4) is 0 Å². The van der Waals surface area contributed by atoms with Gasteiger partial charge >= 0.3 is 0 Å². The molecule has 0 aliphatic rings. The largest absolute Gasteiger partial charge is 0.288 e. The minimum absolute atomic E-state index is 0.0227. The molecule has 0 heterocycles. The minimum Gasteiger partial charge on any atom is -0.288 e. The van der Waals surface area contributed by atoms with Crippen LogP contribution in [0.4, 0.5) is 0 Å². The summed E-state index contributed by atoms with van der Waals surface area (Å²) in [5.74, 6) is 1.68. The summed E-state index contributed by atoms with van der Waals surface area (Å²) in [7, 11) is 0. The van der Waals surface area contributed by atoms with Gasteiger partial charge in [-0.1, -0.05) is 42.5 Å². The third-order valence-corrected chi connectivity index (χ3v) is 2.03. The smallest absolute Gasteiger partial charge is 0.204 e. The van der Waals surface area contributed by atoms with Crippen LogP contribution in [0.1, 0.15) is 10.4 Å². The summed E-state index contributed by atoms with van der Waals surface area (Å²) < 4.78 is 0.0915. The summed E-state index contributed by atoms with van der Waals surface area (Å²) in [6.07, 6.45) is 0. The first kappa shape index (κ1) is 10.9. The van der Waals surface area contributed by atoms with Gasteiger partial charge in [0.25, 0.3) is 0 Å². The van der Waals surface area contributed by atoms with Gasteiger partial charge in [0.1, 0.15) is 5.57 Å². The van der Waals surface area contributed by atoms with Gasteiger partial charge in [-0.25, -0.2) is 0 Å². The fourth-order valence-corrected chi connectivity index (χ4v) is 1.24. The Bertz CT molecular complexity index is 419. The molecule has 0 atom stereocenters. The lowest BCUT2D eigenvalue weighted by molar-refractivity contribution is 0.104. The number of hydrogen-bond donors (Lipinski definition) is 2. The highest BCUT2D eigenvalue weighted by atomic mass is 32.1. The summed E-state index contributed by atoms with van der Waals surface area (Å²) in [4.78, 5) is 11.7. The number of thiocarbonyl (C=S) groups is 1. The van der Waals surface area contributed by atoms with E-state index in [0.29, 0.717) is 5.56 Å². The highest BCUT2D eigenvalue weighted by molar-refractivity contribution is 8.12. The summed E-state index contributed by atoms with van der Waals surface area (Å²) in [5, 5.41) is 6.93. The molecule has 0 saturated carbocycles. The second-order valence-electron chi connectivity index (χ2n) is 2.50. The van der Waals surface area contributed by atoms with E-state index in [1.807, 2.05) is 11.9 Å². The van der Waals surface area contributed by atoms with E-state index in [1.54, 1.807) is 24.3 Å². The van der Waals surface area contributed by atoms with E-state index in [9.17, 15) is 4.79 Å². The molecule has 0 fully saturated rings. The van der Waals surface area contributed by atoms with E-state index in [4.69, 9.17) is 17.6 Å². The summed E-state index contributed by atoms with van der Waals surface area (Å²) >= 11 is 8.57. The summed E-state index contributed by atoms with van der Waals surface area (Å²) in [6.45, 7) is 0. The predicted octanol–water partition coefficient (Wildman–Crippen LogP) is 2.30. The van der Waals surface area contributed by atoms with Gasteiger partial charge < -0.3 is 0 Å². The molecule has 14 heavy (non-hydrogen) atoms. The van der Waals surface area contributed by atoms with Crippen molar-refractivity contribution in [2.45, 2.75) is 0 Å². The third-order valence-electron chi connectivity index (χ3n) is 1.60. The molecule has 0 amide bonds. The van der Waals surface area contributed by atoms with Crippen molar-refractivity contribution >= 4 is 40.7 Å². The first-order valence-electron chi connectivity index (χ1n) is 3.79. The van der Waals surface area contributed by atoms with E-state index >= 15 is 0 Å². The zero-order chi connectivity index (χ0) is 10.6. The van der Waals surface area contributed by atoms with Crippen molar-refractivity contribution in [3.63, 3.8) is 0 Å². The third kappa shape index (κ3) is 2.39. The van der Waals surface area contributed by atoms with Crippen LogP contribution >= 0.6 is 24.8 Å². The highest BCUT2D eigenvalue weighted by Gasteiger charge is 2.13. The average Bonchev–Trinajstić information content (AvgIpc) is 2.19. The first-order valence-corrected chi connectivity index (χ1v) is 4.65. The predicted molar refractivity (Wildman–Crippen MR) is 63.6 cm³/mol. The van der Waals surface area contributed by atoms with Crippen LogP contribution in [0.25, 0.3) is 0 Å². The Morgan fingerprint density at radius 1 is 1.36 bits per heavy atom. The maximum Gasteiger partial charge on any atom is 0.204 e. The molecule has 0 aromatic heterocycles. The van der Waals surface area contributed by atoms with Gasteiger partial charge in [0.15, 0.2) is 0 Å². The first-order chi connectivity index (χ1) is 6.66. The van der Waals surface area contributed by atoms with Crippen LogP contribution < -0.4 is 0 Å². The second-order valence-corrected chi connectivity index (χ2v) is 3.66. The maximum absolute atomic E-state index is 11.7. The topological polar surface area (TPSA) is 40.9 Å². The van der Waals surface area contributed by atoms with Crippen molar-refractivity contribution in [2.75, 3.05) is 0 Å². The summed E-state index contributed by atoms with van der Waals surface area (Å²) in [5.41, 5.74) is 0.508. The number of rotatable bonds is 3. The van der Waals surface area contributed by atoms with Crippen molar-refractivity contribution in [1.29, 1.82) is 5.41 Å². The quantitative estimate of drug-likeness (QED) is 0.270. The summed E-state index contributed by atoms with van der Waals surface area (Å²) in [6, 6.07) is 8.62. The molecule has 1 N–H and O–H groups in total. The molecular weight excluding hydrogens is 214 g/mol. The molecule has 0 aliphatic carbocycles. The Kier molecular flexibility index (Phi) is 3.77. The number of nitrogens with one attached hydrogen (secondary N) is 1. The fourth-order valence-electron chi connectivity index (χ4n) is 0.941. The van der Waals surface area contributed by atoms with E-state index < -0.39 is 0 Å². The van der Waals surface area contributed by atoms with Crippen molar-refractivity contribution in [3.8, 4) is 0 Å². The Labute approximate surface area is 92.6 Å². The Morgan fingerprint density at radius 3 is 2.36 bits per heavy atom. The van der Waals surface area contributed by atoms with Gasteiger partial charge in [0, 0.05) is 5.56 Å². The molecule has 0 aliphatic heterocycles. The lowest BCUT2D eigenvalue weighted by Gasteiger charge is -1.99. The molecule has 0 radical (unpaired) electrons. The van der Waals surface area contributed by atoms with E-state index in [-0.39, 0.29) is 15.6 Å². The Balaban J connectivity index is 3.09. The van der Waals surface area contributed by atoms with Crippen molar-refractivity contribution in [3.05, 3.63) is 41.5 Å². The number of thiol groups is 1. The molecule has 1 aromatic carbocycles. The van der Waals surface area contributed by atoms with Crippen molar-refractivity contribution < 1.29 is 4.79 Å². The maximum atomic E-state index is 11.7. The molecule has 70 valence electrons. The van der Waals surface area contributed by atoms with Crippen LogP contribution in [-0.2, 0) is 0 Å². The molecule has 1 aromatic rings. The van der Waals surface area contributed by atoms with Crippen molar-refractivity contribution in [1.82, 2.24) is 0 Å². The number of benzene rings is 1. The van der Waals surface area contributed by atoms with Gasteiger partial charge in [-0.05, 0) is 5.87 Å². The SMILES string of the molecule is N=C=C(C(=O)c1ccccc1)C(=S)S. The van der Waals surface area contributed by atoms with Crippen LogP contribution in [0.15, 0.2) is 35.9 Å². The van der Waals surface area contributed by atoms with E-state index in [0.717, 1.165) is 0 Å². The lowest BCUT2D eigenvalue weighted by Crippen LogP contribution is -2.08. The molecule has 4 heteroatoms. The Morgan fingerprint density at radius 2 is 1.93 bits per heavy atom. The number of hydrogen-bond acceptors (Lipinski definition) is 3. The van der Waals surface area contributed by atoms with Gasteiger partial charge in [-0.2, -0.15) is 0 Å². The second kappa shape index (κ2) is 4.86. The number of ketones is 1. The fraction of sp³-hybridized carbons (Fsp3) is 0. The van der Waals surface area contributed by atoms with Crippen LogP contribution in [0.5, 0.6) is 0 Å². The molecule has 0 bridgehead atoms. The molecule has 2 nitrogen and oxygen atoms in total.